The van der Waals surface area contributed by atoms with Gasteiger partial charge in [0, 0.05) is 0 Å². The van der Waals surface area contributed by atoms with Gasteiger partial charge in [0.15, 0.2) is 0 Å². The zero-order chi connectivity index (χ0) is 28.6. The normalized spacial score (nSPS) is 21.2. The van der Waals surface area contributed by atoms with E-state index in [1.807, 2.05) is 0 Å². The first-order valence-electron chi connectivity index (χ1n) is 16.6. The molecule has 0 bridgehead atoms. The number of fused-ring (bicyclic) bond motifs is 6. The van der Waals surface area contributed by atoms with Crippen LogP contribution < -0.4 is 37.2 Å². The first-order valence-corrected chi connectivity index (χ1v) is 16.6. The third kappa shape index (κ3) is 8.75. The molecule has 0 spiro atoms. The standard InChI is InChI=1S/3C14H15.3ClH.3Ti/c3*1-10-11-6-2-4-8-13(11)14-9-5-3-7-12(10)14;;;;;;/h3*2,4,6-8,10H,3,5,9H2,1H3;3*1H;;;/q3*-1;;;;3*+2/p-3. The molecule has 3 unspecified atom stereocenters. The van der Waals surface area contributed by atoms with Gasteiger partial charge in [0.2, 0.25) is 0 Å². The molecule has 0 amide bonds. The Labute approximate surface area is 354 Å². The Morgan fingerprint density at radius 1 is 0.417 bits per heavy atom. The van der Waals surface area contributed by atoms with Crippen LogP contribution in [0.4, 0.5) is 0 Å². The zero-order valence-electron chi connectivity index (χ0n) is 28.4. The second-order valence-corrected chi connectivity index (χ2v) is 13.0. The van der Waals surface area contributed by atoms with Crippen molar-refractivity contribution in [2.24, 2.45) is 0 Å². The maximum atomic E-state index is 2.45. The van der Waals surface area contributed by atoms with E-state index < -0.39 is 0 Å². The van der Waals surface area contributed by atoms with E-state index in [0.29, 0.717) is 17.8 Å². The summed E-state index contributed by atoms with van der Waals surface area (Å²) in [5.74, 6) is 1.92. The molecule has 3 atom stereocenters. The summed E-state index contributed by atoms with van der Waals surface area (Å²) in [4.78, 5) is 0. The largest absolute Gasteiger partial charge is 2.00 e. The van der Waals surface area contributed by atoms with Crippen LogP contribution in [0.25, 0.3) is 16.7 Å². The van der Waals surface area contributed by atoms with Crippen molar-refractivity contribution in [3.8, 4) is 0 Å². The maximum absolute atomic E-state index is 2.45. The van der Waals surface area contributed by atoms with Gasteiger partial charge in [-0.2, -0.15) is 16.7 Å². The van der Waals surface area contributed by atoms with Gasteiger partial charge in [-0.15, -0.1) is 19.3 Å². The fourth-order valence-electron chi connectivity index (χ4n) is 8.55. The molecular formula is C42H45Cl3Ti3. The Kier molecular flexibility index (Phi) is 19.5. The fraction of sp³-hybridized carbons (Fsp3) is 0.357. The Bertz CT molecular complexity index is 1420. The van der Waals surface area contributed by atoms with Crippen molar-refractivity contribution in [2.45, 2.75) is 96.3 Å². The summed E-state index contributed by atoms with van der Waals surface area (Å²) in [7, 11) is 0. The first kappa shape index (κ1) is 45.5. The molecule has 0 heterocycles. The summed E-state index contributed by atoms with van der Waals surface area (Å²) in [5, 5.41) is 0. The molecular weight excluding hydrogens is 754 g/mol. The second-order valence-electron chi connectivity index (χ2n) is 13.0. The average molecular weight is 800 g/mol. The van der Waals surface area contributed by atoms with Crippen molar-refractivity contribution >= 4 is 16.7 Å². The molecule has 0 aromatic heterocycles. The van der Waals surface area contributed by atoms with E-state index in [1.54, 1.807) is 33.4 Å². The first-order chi connectivity index (χ1) is 20.6. The minimum Gasteiger partial charge on any atom is -1.00 e. The number of benzene rings is 3. The predicted octanol–water partition coefficient (Wildman–Crippen LogP) is 2.84. The molecule has 0 N–H and O–H groups in total. The van der Waals surface area contributed by atoms with Crippen LogP contribution in [0.2, 0.25) is 0 Å². The molecule has 0 saturated carbocycles. The molecule has 0 radical (unpaired) electrons. The fourth-order valence-corrected chi connectivity index (χ4v) is 8.55. The Morgan fingerprint density at radius 3 is 0.938 bits per heavy atom. The van der Waals surface area contributed by atoms with Gasteiger partial charge in [-0.05, 0) is 17.8 Å². The third-order valence-corrected chi connectivity index (χ3v) is 10.7. The van der Waals surface area contributed by atoms with Crippen LogP contribution in [0.3, 0.4) is 0 Å². The molecule has 6 aliphatic rings. The molecule has 0 saturated heterocycles. The van der Waals surface area contributed by atoms with Crippen LogP contribution >= 0.6 is 0 Å². The van der Waals surface area contributed by atoms with Gasteiger partial charge >= 0.3 is 65.2 Å². The molecule has 6 heteroatoms. The van der Waals surface area contributed by atoms with Crippen LogP contribution in [0.1, 0.15) is 130 Å². The summed E-state index contributed by atoms with van der Waals surface area (Å²) in [6.07, 6.45) is 19.0. The molecule has 0 aliphatic heterocycles. The third-order valence-electron chi connectivity index (χ3n) is 10.7. The van der Waals surface area contributed by atoms with E-state index in [4.69, 9.17) is 0 Å². The van der Waals surface area contributed by atoms with E-state index >= 15 is 0 Å². The van der Waals surface area contributed by atoms with Crippen molar-refractivity contribution in [2.75, 3.05) is 0 Å². The summed E-state index contributed by atoms with van der Waals surface area (Å²) in [6, 6.07) is 26.7. The zero-order valence-corrected chi connectivity index (χ0v) is 35.3. The predicted molar refractivity (Wildman–Crippen MR) is 180 cm³/mol. The van der Waals surface area contributed by atoms with Gasteiger partial charge in [0.25, 0.3) is 0 Å². The molecule has 3 aromatic carbocycles. The van der Waals surface area contributed by atoms with E-state index in [1.165, 1.54) is 91.2 Å². The second kappa shape index (κ2) is 20.5. The van der Waals surface area contributed by atoms with Crippen LogP contribution in [0, 0.1) is 19.3 Å². The maximum Gasteiger partial charge on any atom is 2.00 e. The number of rotatable bonds is 0. The molecule has 6 aliphatic carbocycles. The molecule has 246 valence electrons. The quantitative estimate of drug-likeness (QED) is 0.243. The van der Waals surface area contributed by atoms with Gasteiger partial charge in [-0.1, -0.05) is 165 Å². The van der Waals surface area contributed by atoms with Crippen LogP contribution in [-0.2, 0) is 65.2 Å². The van der Waals surface area contributed by atoms with Crippen LogP contribution in [-0.4, -0.2) is 0 Å². The minimum atomic E-state index is 0. The number of hydrogen-bond acceptors (Lipinski definition) is 0. The van der Waals surface area contributed by atoms with Crippen molar-refractivity contribution in [3.63, 3.8) is 0 Å². The average Bonchev–Trinajstić information content (AvgIpc) is 3.64. The van der Waals surface area contributed by atoms with Crippen LogP contribution in [0.15, 0.2) is 89.5 Å². The van der Waals surface area contributed by atoms with Gasteiger partial charge in [0.05, 0.1) is 0 Å². The summed E-state index contributed by atoms with van der Waals surface area (Å²) < 4.78 is 0. The number of hydrogen-bond donors (Lipinski definition) is 0. The monoisotopic (exact) mass is 798 g/mol. The minimum absolute atomic E-state index is 0. The number of allylic oxidation sites excluding steroid dienone is 6. The Hall–Kier alpha value is -0.497. The van der Waals surface area contributed by atoms with Crippen LogP contribution in [0.5, 0.6) is 0 Å². The summed E-state index contributed by atoms with van der Waals surface area (Å²) in [6.45, 7) is 7.01. The Balaban J connectivity index is 0.000000339. The smallest absolute Gasteiger partial charge is 1.00 e. The van der Waals surface area contributed by atoms with E-state index in [0.717, 1.165) is 0 Å². The van der Waals surface area contributed by atoms with Gasteiger partial charge in [0.1, 0.15) is 0 Å². The topological polar surface area (TPSA) is 0 Å². The van der Waals surface area contributed by atoms with Gasteiger partial charge in [-0.25, -0.2) is 36.0 Å². The molecule has 0 nitrogen and oxygen atoms in total. The molecule has 48 heavy (non-hydrogen) atoms. The van der Waals surface area contributed by atoms with Gasteiger partial charge in [-0.3, -0.25) is 0 Å². The molecule has 3 aromatic rings. The van der Waals surface area contributed by atoms with Gasteiger partial charge < -0.3 is 37.2 Å². The van der Waals surface area contributed by atoms with E-state index in [9.17, 15) is 0 Å². The Morgan fingerprint density at radius 2 is 0.667 bits per heavy atom. The van der Waals surface area contributed by atoms with Crippen molar-refractivity contribution in [1.82, 2.24) is 0 Å². The van der Waals surface area contributed by atoms with Crippen molar-refractivity contribution in [3.05, 3.63) is 142 Å². The number of halogens is 3. The summed E-state index contributed by atoms with van der Waals surface area (Å²) >= 11 is 0. The summed E-state index contributed by atoms with van der Waals surface area (Å²) in [5.41, 5.74) is 18.9. The van der Waals surface area contributed by atoms with E-state index in [-0.39, 0.29) is 102 Å². The van der Waals surface area contributed by atoms with E-state index in [2.05, 4.69) is 113 Å². The molecule has 0 fully saturated rings. The van der Waals surface area contributed by atoms with Crippen molar-refractivity contribution in [1.29, 1.82) is 0 Å². The van der Waals surface area contributed by atoms with Crippen molar-refractivity contribution < 1.29 is 102 Å². The molecule has 9 rings (SSSR count). The SMILES string of the molecule is CC1C2=C(CCC[CH-]2)c2ccccc21.CC1C2=C(CCC[CH-]2)c2ccccc21.CC1C2=C(CCC[CH-]2)c2ccccc21.[Cl-].[Cl-].[Cl-].[Ti+2].[Ti+2].[Ti+2].